The highest BCUT2D eigenvalue weighted by Gasteiger charge is 2.22. The van der Waals surface area contributed by atoms with Crippen LogP contribution in [0.2, 0.25) is 0 Å². The second-order valence-corrected chi connectivity index (χ2v) is 8.44. The molecule has 4 N–H and O–H groups in total. The van der Waals surface area contributed by atoms with Crippen LogP contribution in [0.1, 0.15) is 78.2 Å². The third-order valence-corrected chi connectivity index (χ3v) is 5.55. The van der Waals surface area contributed by atoms with E-state index in [9.17, 15) is 0 Å². The molecule has 1 aromatic rings. The van der Waals surface area contributed by atoms with E-state index < -0.39 is 0 Å². The number of unbranched alkanes of at least 4 members (excludes halogenated alkanes) is 3. The maximum atomic E-state index is 6.45. The second-order valence-electron chi connectivity index (χ2n) is 8.44. The molecule has 0 aliphatic carbocycles. The van der Waals surface area contributed by atoms with Crippen LogP contribution in [-0.4, -0.2) is 12.1 Å². The summed E-state index contributed by atoms with van der Waals surface area (Å²) in [5.41, 5.74) is 14.3. The molecule has 0 amide bonds. The van der Waals surface area contributed by atoms with Crippen LogP contribution in [0.5, 0.6) is 0 Å². The first-order valence-electron chi connectivity index (χ1n) is 10.5. The average Bonchev–Trinajstić information content (AvgIpc) is 2.58. The fraction of sp³-hybridized carbons (Fsp3) is 0.739. The molecular formula is C23H42N2. The Morgan fingerprint density at radius 2 is 1.52 bits per heavy atom. The Kier molecular flexibility index (Phi) is 11.1. The minimum atomic E-state index is 0.133. The molecule has 25 heavy (non-hydrogen) atoms. The first-order chi connectivity index (χ1) is 11.9. The molecular weight excluding hydrogens is 304 g/mol. The van der Waals surface area contributed by atoms with Crippen LogP contribution < -0.4 is 11.5 Å². The Bertz CT molecular complexity index is 431. The maximum Gasteiger partial charge on any atom is 0.0218 e. The van der Waals surface area contributed by atoms with Crippen LogP contribution in [0.25, 0.3) is 0 Å². The topological polar surface area (TPSA) is 52.0 Å². The summed E-state index contributed by atoms with van der Waals surface area (Å²) in [6.45, 7) is 9.27. The summed E-state index contributed by atoms with van der Waals surface area (Å²) in [6.07, 6.45) is 9.79. The molecule has 1 rings (SSSR count). The molecule has 0 aromatic heterocycles. The van der Waals surface area contributed by atoms with Crippen molar-refractivity contribution >= 4 is 0 Å². The van der Waals surface area contributed by atoms with Gasteiger partial charge in [-0.2, -0.15) is 0 Å². The predicted octanol–water partition coefficient (Wildman–Crippen LogP) is 5.54. The Morgan fingerprint density at radius 3 is 2.16 bits per heavy atom. The zero-order chi connectivity index (χ0) is 18.7. The normalized spacial score (nSPS) is 17.7. The minimum absolute atomic E-state index is 0.133. The van der Waals surface area contributed by atoms with E-state index in [1.54, 1.807) is 0 Å². The van der Waals surface area contributed by atoms with Gasteiger partial charge >= 0.3 is 0 Å². The molecule has 2 heteroatoms. The highest BCUT2D eigenvalue weighted by molar-refractivity contribution is 5.15. The van der Waals surface area contributed by atoms with Crippen molar-refractivity contribution in [2.24, 2.45) is 29.2 Å². The van der Waals surface area contributed by atoms with Gasteiger partial charge in [-0.05, 0) is 49.0 Å². The van der Waals surface area contributed by atoms with Crippen molar-refractivity contribution in [1.29, 1.82) is 0 Å². The van der Waals surface area contributed by atoms with Crippen LogP contribution in [0.4, 0.5) is 0 Å². The lowest BCUT2D eigenvalue weighted by Gasteiger charge is -2.29. The average molecular weight is 347 g/mol. The summed E-state index contributed by atoms with van der Waals surface area (Å²) in [4.78, 5) is 0. The van der Waals surface area contributed by atoms with Gasteiger partial charge in [-0.25, -0.2) is 0 Å². The molecule has 0 aliphatic rings. The monoisotopic (exact) mass is 346 g/mol. The third kappa shape index (κ3) is 9.42. The van der Waals surface area contributed by atoms with Crippen LogP contribution in [0.15, 0.2) is 30.3 Å². The van der Waals surface area contributed by atoms with Crippen molar-refractivity contribution < 1.29 is 0 Å². The molecule has 2 nitrogen and oxygen atoms in total. The van der Waals surface area contributed by atoms with Crippen molar-refractivity contribution in [3.8, 4) is 0 Å². The van der Waals surface area contributed by atoms with Gasteiger partial charge < -0.3 is 11.5 Å². The fourth-order valence-corrected chi connectivity index (χ4v) is 4.10. The van der Waals surface area contributed by atoms with Crippen molar-refractivity contribution in [2.75, 3.05) is 0 Å². The van der Waals surface area contributed by atoms with Gasteiger partial charge in [-0.1, -0.05) is 83.7 Å². The van der Waals surface area contributed by atoms with E-state index in [2.05, 4.69) is 58.0 Å². The Morgan fingerprint density at radius 1 is 0.840 bits per heavy atom. The van der Waals surface area contributed by atoms with Gasteiger partial charge in [0.1, 0.15) is 0 Å². The van der Waals surface area contributed by atoms with Gasteiger partial charge in [0.2, 0.25) is 0 Å². The molecule has 0 bridgehead atoms. The third-order valence-electron chi connectivity index (χ3n) is 5.55. The Labute approximate surface area is 156 Å². The lowest BCUT2D eigenvalue weighted by Crippen LogP contribution is -2.46. The molecule has 0 radical (unpaired) electrons. The standard InChI is InChI=1S/C23H42N2/c1-5-6-7-11-14-22(24)23(25)20(4)16-18(2)15-19(3)17-21-12-9-8-10-13-21/h8-10,12-13,18-20,22-23H,5-7,11,14-17,24-25H2,1-4H3. The lowest BCUT2D eigenvalue weighted by atomic mass is 9.82. The summed E-state index contributed by atoms with van der Waals surface area (Å²) in [6, 6.07) is 11.1. The zero-order valence-electron chi connectivity index (χ0n) is 17.1. The molecule has 144 valence electrons. The molecule has 0 aliphatic heterocycles. The van der Waals surface area contributed by atoms with Crippen LogP contribution in [0.3, 0.4) is 0 Å². The van der Waals surface area contributed by atoms with Crippen molar-refractivity contribution in [1.82, 2.24) is 0 Å². The Hall–Kier alpha value is -0.860. The molecule has 0 spiro atoms. The summed E-state index contributed by atoms with van der Waals surface area (Å²) in [7, 11) is 0. The number of nitrogens with two attached hydrogens (primary N) is 2. The Balaban J connectivity index is 2.30. The first-order valence-corrected chi connectivity index (χ1v) is 10.5. The van der Waals surface area contributed by atoms with E-state index in [0.717, 1.165) is 6.42 Å². The fourth-order valence-electron chi connectivity index (χ4n) is 4.10. The van der Waals surface area contributed by atoms with Gasteiger partial charge in [0, 0.05) is 12.1 Å². The van der Waals surface area contributed by atoms with Crippen LogP contribution in [0, 0.1) is 17.8 Å². The van der Waals surface area contributed by atoms with Gasteiger partial charge in [0.05, 0.1) is 0 Å². The van der Waals surface area contributed by atoms with E-state index in [0.29, 0.717) is 17.8 Å². The van der Waals surface area contributed by atoms with Crippen molar-refractivity contribution in [3.63, 3.8) is 0 Å². The number of rotatable bonds is 13. The van der Waals surface area contributed by atoms with E-state index in [1.807, 2.05) is 0 Å². The molecule has 0 saturated carbocycles. The van der Waals surface area contributed by atoms with E-state index in [1.165, 1.54) is 50.5 Å². The quantitative estimate of drug-likeness (QED) is 0.461. The number of hydrogen-bond donors (Lipinski definition) is 2. The van der Waals surface area contributed by atoms with E-state index in [4.69, 9.17) is 11.5 Å². The van der Waals surface area contributed by atoms with Gasteiger partial charge in [0.25, 0.3) is 0 Å². The highest BCUT2D eigenvalue weighted by atomic mass is 14.8. The van der Waals surface area contributed by atoms with Crippen LogP contribution >= 0.6 is 0 Å². The van der Waals surface area contributed by atoms with Gasteiger partial charge in [-0.15, -0.1) is 0 Å². The summed E-state index contributed by atoms with van der Waals surface area (Å²) in [5, 5.41) is 0. The summed E-state index contributed by atoms with van der Waals surface area (Å²) < 4.78 is 0. The number of benzene rings is 1. The van der Waals surface area contributed by atoms with Crippen LogP contribution in [-0.2, 0) is 6.42 Å². The van der Waals surface area contributed by atoms with Gasteiger partial charge in [0.15, 0.2) is 0 Å². The zero-order valence-corrected chi connectivity index (χ0v) is 17.1. The number of hydrogen-bond acceptors (Lipinski definition) is 2. The van der Waals surface area contributed by atoms with Crippen molar-refractivity contribution in [2.45, 2.75) is 91.1 Å². The minimum Gasteiger partial charge on any atom is -0.326 e. The smallest absolute Gasteiger partial charge is 0.0218 e. The molecule has 0 fully saturated rings. The molecule has 5 unspecified atom stereocenters. The molecule has 0 saturated heterocycles. The lowest BCUT2D eigenvalue weighted by molar-refractivity contribution is 0.286. The molecule has 5 atom stereocenters. The highest BCUT2D eigenvalue weighted by Crippen LogP contribution is 2.24. The van der Waals surface area contributed by atoms with Crippen molar-refractivity contribution in [3.05, 3.63) is 35.9 Å². The molecule has 1 aromatic carbocycles. The van der Waals surface area contributed by atoms with E-state index >= 15 is 0 Å². The first kappa shape index (κ1) is 22.2. The van der Waals surface area contributed by atoms with E-state index in [-0.39, 0.29) is 12.1 Å². The molecule has 0 heterocycles. The SMILES string of the molecule is CCCCCCC(N)C(N)C(C)CC(C)CC(C)Cc1ccccc1. The maximum absolute atomic E-state index is 6.45. The summed E-state index contributed by atoms with van der Waals surface area (Å²) >= 11 is 0. The predicted molar refractivity (Wildman–Crippen MR) is 112 cm³/mol. The second kappa shape index (κ2) is 12.5. The largest absolute Gasteiger partial charge is 0.326 e. The van der Waals surface area contributed by atoms with Gasteiger partial charge in [-0.3, -0.25) is 0 Å². The summed E-state index contributed by atoms with van der Waals surface area (Å²) in [5.74, 6) is 1.91.